The number of carbonyl (C=O) groups is 2. The van der Waals surface area contributed by atoms with Crippen LogP contribution in [0.5, 0.6) is 0 Å². The molecule has 0 spiro atoms. The van der Waals surface area contributed by atoms with Crippen LogP contribution in [0.25, 0.3) is 0 Å². The summed E-state index contributed by atoms with van der Waals surface area (Å²) in [5.41, 5.74) is -0.401. The van der Waals surface area contributed by atoms with Crippen molar-refractivity contribution < 1.29 is 14.7 Å². The van der Waals surface area contributed by atoms with Gasteiger partial charge >= 0.3 is 5.97 Å². The number of piperidine rings is 1. The molecule has 0 aromatic rings. The minimum Gasteiger partial charge on any atom is -0.480 e. The van der Waals surface area contributed by atoms with Crippen LogP contribution < -0.4 is 0 Å². The van der Waals surface area contributed by atoms with Gasteiger partial charge in [0.1, 0.15) is 6.54 Å². The van der Waals surface area contributed by atoms with Crippen LogP contribution in [-0.2, 0) is 9.59 Å². The van der Waals surface area contributed by atoms with Crippen LogP contribution in [0.4, 0.5) is 0 Å². The summed E-state index contributed by atoms with van der Waals surface area (Å²) in [4.78, 5) is 23.9. The predicted molar refractivity (Wildman–Crippen MR) is 51.8 cm³/mol. The van der Waals surface area contributed by atoms with E-state index in [4.69, 9.17) is 5.11 Å². The zero-order chi connectivity index (χ0) is 10.9. The Morgan fingerprint density at radius 1 is 1.64 bits per heavy atom. The van der Waals surface area contributed by atoms with Crippen molar-refractivity contribution in [3.05, 3.63) is 0 Å². The van der Waals surface area contributed by atoms with Gasteiger partial charge in [0, 0.05) is 11.5 Å². The van der Waals surface area contributed by atoms with Gasteiger partial charge in [-0.2, -0.15) is 0 Å². The van der Waals surface area contributed by atoms with Gasteiger partial charge in [-0.25, -0.2) is 0 Å². The van der Waals surface area contributed by atoms with Crippen molar-refractivity contribution in [2.45, 2.75) is 39.7 Å². The maximum atomic E-state index is 11.9. The van der Waals surface area contributed by atoms with E-state index >= 15 is 0 Å². The van der Waals surface area contributed by atoms with Gasteiger partial charge in [0.25, 0.3) is 0 Å². The first-order valence-corrected chi connectivity index (χ1v) is 4.87. The average Bonchev–Trinajstić information content (AvgIpc) is 2.06. The monoisotopic (exact) mass is 199 g/mol. The quantitative estimate of drug-likeness (QED) is 0.724. The van der Waals surface area contributed by atoms with Crippen molar-refractivity contribution >= 4 is 11.9 Å². The summed E-state index contributed by atoms with van der Waals surface area (Å²) in [6.07, 6.45) is 1.72. The molecular formula is C10H17NO3. The lowest BCUT2D eigenvalue weighted by Gasteiger charge is -2.40. The van der Waals surface area contributed by atoms with E-state index in [2.05, 4.69) is 0 Å². The Kier molecular flexibility index (Phi) is 2.83. The summed E-state index contributed by atoms with van der Waals surface area (Å²) in [7, 11) is 0. The molecule has 1 amide bonds. The lowest BCUT2D eigenvalue weighted by molar-refractivity contribution is -0.154. The molecule has 0 aliphatic carbocycles. The van der Waals surface area contributed by atoms with Gasteiger partial charge in [0.15, 0.2) is 0 Å². The molecule has 14 heavy (non-hydrogen) atoms. The van der Waals surface area contributed by atoms with E-state index in [1.807, 2.05) is 20.8 Å². The summed E-state index contributed by atoms with van der Waals surface area (Å²) in [6, 6.07) is 0.0478. The molecule has 4 heteroatoms. The standard InChI is InChI=1S/C10H17NO3/c1-7-4-5-10(2,3)9(14)11(7)6-8(12)13/h7H,4-6H2,1-3H3,(H,12,13). The first kappa shape index (κ1) is 11.0. The summed E-state index contributed by atoms with van der Waals surface area (Å²) in [6.45, 7) is 5.46. The van der Waals surface area contributed by atoms with Gasteiger partial charge in [-0.05, 0) is 19.8 Å². The molecule has 0 radical (unpaired) electrons. The highest BCUT2D eigenvalue weighted by molar-refractivity contribution is 5.86. The summed E-state index contributed by atoms with van der Waals surface area (Å²) in [5, 5.41) is 8.68. The predicted octanol–water partition coefficient (Wildman–Crippen LogP) is 1.11. The van der Waals surface area contributed by atoms with Crippen LogP contribution in [0.15, 0.2) is 0 Å². The Labute approximate surface area is 83.9 Å². The fourth-order valence-electron chi connectivity index (χ4n) is 1.79. The first-order valence-electron chi connectivity index (χ1n) is 4.87. The molecule has 4 nitrogen and oxygen atoms in total. The molecule has 80 valence electrons. The molecular weight excluding hydrogens is 182 g/mol. The normalized spacial score (nSPS) is 26.4. The number of hydrogen-bond acceptors (Lipinski definition) is 2. The largest absolute Gasteiger partial charge is 0.480 e. The van der Waals surface area contributed by atoms with Crippen molar-refractivity contribution in [1.29, 1.82) is 0 Å². The number of carboxylic acids is 1. The number of amides is 1. The molecule has 0 bridgehead atoms. The number of carboxylic acid groups (broad SMARTS) is 1. The van der Waals surface area contributed by atoms with Crippen LogP contribution in [0.2, 0.25) is 0 Å². The van der Waals surface area contributed by atoms with Crippen molar-refractivity contribution in [2.75, 3.05) is 6.54 Å². The van der Waals surface area contributed by atoms with Gasteiger partial charge in [-0.3, -0.25) is 9.59 Å². The molecule has 1 unspecified atom stereocenters. The Balaban J connectivity index is 2.79. The molecule has 1 fully saturated rings. The maximum Gasteiger partial charge on any atom is 0.323 e. The molecule has 0 aromatic heterocycles. The number of nitrogens with zero attached hydrogens (tertiary/aromatic N) is 1. The van der Waals surface area contributed by atoms with Crippen LogP contribution >= 0.6 is 0 Å². The van der Waals surface area contributed by atoms with Crippen LogP contribution in [0.3, 0.4) is 0 Å². The maximum absolute atomic E-state index is 11.9. The molecule has 0 saturated carbocycles. The van der Waals surface area contributed by atoms with Gasteiger partial charge < -0.3 is 10.0 Å². The second-order valence-electron chi connectivity index (χ2n) is 4.60. The zero-order valence-electron chi connectivity index (χ0n) is 8.91. The Morgan fingerprint density at radius 3 is 2.71 bits per heavy atom. The average molecular weight is 199 g/mol. The number of carbonyl (C=O) groups excluding carboxylic acids is 1. The molecule has 1 saturated heterocycles. The third-order valence-electron chi connectivity index (χ3n) is 2.86. The van der Waals surface area contributed by atoms with Crippen molar-refractivity contribution in [3.8, 4) is 0 Å². The third-order valence-corrected chi connectivity index (χ3v) is 2.86. The fourth-order valence-corrected chi connectivity index (χ4v) is 1.79. The molecule has 1 N–H and O–H groups in total. The Morgan fingerprint density at radius 2 is 2.21 bits per heavy atom. The number of likely N-dealkylation sites (tertiary alicyclic amines) is 1. The number of hydrogen-bond donors (Lipinski definition) is 1. The van der Waals surface area contributed by atoms with E-state index in [-0.39, 0.29) is 18.5 Å². The number of rotatable bonds is 2. The van der Waals surface area contributed by atoms with Gasteiger partial charge in [0.2, 0.25) is 5.91 Å². The van der Waals surface area contributed by atoms with Gasteiger partial charge in [0.05, 0.1) is 0 Å². The van der Waals surface area contributed by atoms with E-state index in [0.717, 1.165) is 12.8 Å². The number of aliphatic carboxylic acids is 1. The zero-order valence-corrected chi connectivity index (χ0v) is 8.91. The van der Waals surface area contributed by atoms with Crippen LogP contribution in [0.1, 0.15) is 33.6 Å². The highest BCUT2D eigenvalue weighted by Gasteiger charge is 2.39. The van der Waals surface area contributed by atoms with Gasteiger partial charge in [-0.1, -0.05) is 13.8 Å². The lowest BCUT2D eigenvalue weighted by atomic mass is 9.80. The lowest BCUT2D eigenvalue weighted by Crippen LogP contribution is -2.52. The molecule has 1 heterocycles. The summed E-state index contributed by atoms with van der Waals surface area (Å²) >= 11 is 0. The second kappa shape index (κ2) is 3.59. The topological polar surface area (TPSA) is 57.6 Å². The van der Waals surface area contributed by atoms with E-state index in [0.29, 0.717) is 0 Å². The fraction of sp³-hybridized carbons (Fsp3) is 0.800. The molecule has 1 atom stereocenters. The van der Waals surface area contributed by atoms with Gasteiger partial charge in [-0.15, -0.1) is 0 Å². The smallest absolute Gasteiger partial charge is 0.323 e. The first-order chi connectivity index (χ1) is 6.34. The summed E-state index contributed by atoms with van der Waals surface area (Å²) in [5.74, 6) is -0.985. The minimum atomic E-state index is -0.942. The summed E-state index contributed by atoms with van der Waals surface area (Å²) < 4.78 is 0. The van der Waals surface area contributed by atoms with Crippen molar-refractivity contribution in [3.63, 3.8) is 0 Å². The van der Waals surface area contributed by atoms with Crippen LogP contribution in [0, 0.1) is 5.41 Å². The molecule has 0 aromatic carbocycles. The van der Waals surface area contributed by atoms with E-state index in [1.165, 1.54) is 4.90 Å². The van der Waals surface area contributed by atoms with Crippen LogP contribution in [-0.4, -0.2) is 34.5 Å². The Bertz CT molecular complexity index is 260. The highest BCUT2D eigenvalue weighted by atomic mass is 16.4. The van der Waals surface area contributed by atoms with E-state index in [9.17, 15) is 9.59 Å². The minimum absolute atomic E-state index is 0.0429. The third kappa shape index (κ3) is 2.05. The SMILES string of the molecule is CC1CCC(C)(C)C(=O)N1CC(=O)O. The van der Waals surface area contributed by atoms with E-state index < -0.39 is 11.4 Å². The van der Waals surface area contributed by atoms with E-state index in [1.54, 1.807) is 0 Å². The van der Waals surface area contributed by atoms with Crippen molar-refractivity contribution in [1.82, 2.24) is 4.90 Å². The highest BCUT2D eigenvalue weighted by Crippen LogP contribution is 2.32. The molecule has 1 rings (SSSR count). The second-order valence-corrected chi connectivity index (χ2v) is 4.60. The Hall–Kier alpha value is -1.06. The van der Waals surface area contributed by atoms with Crippen molar-refractivity contribution in [2.24, 2.45) is 5.41 Å². The molecule has 1 aliphatic heterocycles. The molecule has 1 aliphatic rings.